The summed E-state index contributed by atoms with van der Waals surface area (Å²) in [6.45, 7) is 7.43. The molecular formula is C35H41N3O7. The number of phenolic OH excluding ortho intramolecular Hbond substituents is 1. The molecule has 1 saturated heterocycles. The van der Waals surface area contributed by atoms with Crippen molar-refractivity contribution >= 4 is 17.5 Å². The van der Waals surface area contributed by atoms with E-state index in [4.69, 9.17) is 5.73 Å². The van der Waals surface area contributed by atoms with E-state index in [9.17, 15) is 34.8 Å². The standard InChI is InChI=1S/C35H41N3O7/c1-17-10-18(2)15-38(14-17)16-19-6-5-7-20(11-19)22-8-9-25(39)27-23(22)12-21-13-24-29(37(3)4)31(41)28(34(36)44)33(43)35(24,45)32(42)26(21)30(27)40/h5-9,11,17-18,21,24,29,39,41-42,45H,10,12-16H2,1-4H3,(H2,36,44)/t17?,18?,21-,24-,29-,35-/m0/s1. The van der Waals surface area contributed by atoms with Crippen molar-refractivity contribution in [2.75, 3.05) is 27.2 Å². The van der Waals surface area contributed by atoms with Crippen LogP contribution in [-0.4, -0.2) is 86.5 Å². The van der Waals surface area contributed by atoms with Gasteiger partial charge in [0, 0.05) is 31.1 Å². The van der Waals surface area contributed by atoms with Crippen LogP contribution in [0, 0.1) is 23.7 Å². The van der Waals surface area contributed by atoms with E-state index in [2.05, 4.69) is 30.9 Å². The zero-order chi connectivity index (χ0) is 32.5. The van der Waals surface area contributed by atoms with Gasteiger partial charge in [-0.1, -0.05) is 38.1 Å². The average molecular weight is 616 g/mol. The first kappa shape index (κ1) is 31.0. The number of aromatic hydroxyl groups is 1. The molecule has 2 aromatic carbocycles. The van der Waals surface area contributed by atoms with Gasteiger partial charge < -0.3 is 26.2 Å². The number of benzene rings is 2. The second-order valence-electron chi connectivity index (χ2n) is 13.8. The van der Waals surface area contributed by atoms with Gasteiger partial charge in [0.2, 0.25) is 5.78 Å². The fourth-order valence-corrected chi connectivity index (χ4v) is 8.54. The number of hydrogen-bond acceptors (Lipinski definition) is 9. The van der Waals surface area contributed by atoms with Crippen LogP contribution >= 0.6 is 0 Å². The fourth-order valence-electron chi connectivity index (χ4n) is 8.54. The number of hydrogen-bond donors (Lipinski definition) is 5. The van der Waals surface area contributed by atoms with Crippen LogP contribution in [0.25, 0.3) is 11.1 Å². The molecule has 6 N–H and O–H groups in total. The second-order valence-corrected chi connectivity index (χ2v) is 13.8. The Morgan fingerprint density at radius 3 is 2.38 bits per heavy atom. The highest BCUT2D eigenvalue weighted by Crippen LogP contribution is 2.53. The number of likely N-dealkylation sites (tertiary alicyclic amines) is 1. The monoisotopic (exact) mass is 615 g/mol. The smallest absolute Gasteiger partial charge is 0.255 e. The number of ketones is 2. The van der Waals surface area contributed by atoms with E-state index < -0.39 is 58.0 Å². The number of likely N-dealkylation sites (N-methyl/N-ethyl adjacent to an activating group) is 1. The van der Waals surface area contributed by atoms with E-state index in [0.717, 1.165) is 36.3 Å². The highest BCUT2D eigenvalue weighted by Gasteiger charge is 2.63. The normalized spacial score (nSPS) is 30.3. The van der Waals surface area contributed by atoms with Gasteiger partial charge in [0.1, 0.15) is 22.8 Å². The van der Waals surface area contributed by atoms with Crippen LogP contribution < -0.4 is 5.73 Å². The summed E-state index contributed by atoms with van der Waals surface area (Å²) in [5, 5.41) is 45.3. The van der Waals surface area contributed by atoms with E-state index in [1.54, 1.807) is 25.1 Å². The van der Waals surface area contributed by atoms with Crippen molar-refractivity contribution in [1.82, 2.24) is 9.80 Å². The van der Waals surface area contributed by atoms with Crippen LogP contribution in [0.1, 0.15) is 48.2 Å². The number of phenols is 1. The molecule has 0 radical (unpaired) electrons. The van der Waals surface area contributed by atoms with E-state index in [1.165, 1.54) is 12.5 Å². The number of fused-ring (bicyclic) bond motifs is 3. The molecule has 2 unspecified atom stereocenters. The summed E-state index contributed by atoms with van der Waals surface area (Å²) < 4.78 is 0. The maximum atomic E-state index is 14.1. The highest BCUT2D eigenvalue weighted by atomic mass is 16.3. The molecule has 45 heavy (non-hydrogen) atoms. The third-order valence-corrected chi connectivity index (χ3v) is 10.2. The highest BCUT2D eigenvalue weighted by molar-refractivity contribution is 6.24. The lowest BCUT2D eigenvalue weighted by Crippen LogP contribution is -2.63. The summed E-state index contributed by atoms with van der Waals surface area (Å²) in [5.74, 6) is -5.33. The van der Waals surface area contributed by atoms with E-state index in [0.29, 0.717) is 17.4 Å². The van der Waals surface area contributed by atoms with E-state index in [1.807, 2.05) is 12.1 Å². The summed E-state index contributed by atoms with van der Waals surface area (Å²) >= 11 is 0. The van der Waals surface area contributed by atoms with Gasteiger partial charge in [0.25, 0.3) is 5.91 Å². The van der Waals surface area contributed by atoms with E-state index in [-0.39, 0.29) is 29.7 Å². The Hall–Kier alpha value is -3.99. The number of aliphatic hydroxyl groups excluding tert-OH is 2. The summed E-state index contributed by atoms with van der Waals surface area (Å²) in [6.07, 6.45) is 1.51. The van der Waals surface area contributed by atoms with Crippen molar-refractivity contribution in [2.24, 2.45) is 29.4 Å². The molecule has 0 saturated carbocycles. The van der Waals surface area contributed by atoms with Crippen molar-refractivity contribution in [2.45, 2.75) is 51.3 Å². The number of piperidine rings is 1. The summed E-state index contributed by atoms with van der Waals surface area (Å²) in [5.41, 5.74) is 5.22. The number of allylic oxidation sites excluding steroid dienone is 1. The van der Waals surface area contributed by atoms with Crippen molar-refractivity contribution in [3.8, 4) is 16.9 Å². The molecule has 1 aliphatic heterocycles. The number of nitrogens with two attached hydrogens (primary N) is 1. The van der Waals surface area contributed by atoms with Crippen LogP contribution in [0.3, 0.4) is 0 Å². The van der Waals surface area contributed by atoms with Gasteiger partial charge in [0.15, 0.2) is 11.4 Å². The Kier molecular flexibility index (Phi) is 7.66. The molecule has 1 amide bonds. The van der Waals surface area contributed by atoms with Gasteiger partial charge >= 0.3 is 0 Å². The lowest BCUT2D eigenvalue weighted by molar-refractivity contribution is -0.148. The molecule has 0 bridgehead atoms. The zero-order valence-electron chi connectivity index (χ0n) is 26.1. The van der Waals surface area contributed by atoms with Crippen molar-refractivity contribution in [1.29, 1.82) is 0 Å². The molecule has 2 aromatic rings. The number of carbonyl (C=O) groups excluding carboxylic acids is 3. The number of Topliss-reactive ketones (excluding diaryl/α,β-unsaturated/α-hetero) is 2. The Bertz CT molecular complexity index is 1670. The lowest BCUT2D eigenvalue weighted by Gasteiger charge is -2.50. The molecule has 3 aliphatic carbocycles. The molecule has 4 aliphatic rings. The van der Waals surface area contributed by atoms with Crippen LogP contribution in [0.5, 0.6) is 5.75 Å². The van der Waals surface area contributed by atoms with Gasteiger partial charge in [-0.15, -0.1) is 0 Å². The molecule has 6 atom stereocenters. The molecular weight excluding hydrogens is 574 g/mol. The number of primary amides is 1. The Labute approximate surface area is 262 Å². The molecule has 238 valence electrons. The van der Waals surface area contributed by atoms with Gasteiger partial charge in [-0.3, -0.25) is 24.2 Å². The number of rotatable bonds is 5. The van der Waals surface area contributed by atoms with Gasteiger partial charge in [-0.05, 0) is 85.5 Å². The predicted molar refractivity (Wildman–Crippen MR) is 167 cm³/mol. The third kappa shape index (κ3) is 4.86. The number of amides is 1. The second kappa shape index (κ2) is 11.1. The quantitative estimate of drug-likeness (QED) is 0.318. The predicted octanol–water partition coefficient (Wildman–Crippen LogP) is 3.27. The van der Waals surface area contributed by atoms with E-state index >= 15 is 0 Å². The minimum absolute atomic E-state index is 0.0114. The first-order chi connectivity index (χ1) is 21.2. The van der Waals surface area contributed by atoms with Gasteiger partial charge in [-0.2, -0.15) is 0 Å². The van der Waals surface area contributed by atoms with Crippen molar-refractivity contribution < 1.29 is 34.8 Å². The fraction of sp³-hybridized carbons (Fsp3) is 0.457. The molecule has 0 spiro atoms. The number of nitrogens with zero attached hydrogens (tertiary/aromatic N) is 2. The number of aliphatic hydroxyl groups is 3. The van der Waals surface area contributed by atoms with Gasteiger partial charge in [-0.25, -0.2) is 0 Å². The summed E-state index contributed by atoms with van der Waals surface area (Å²) in [6, 6.07) is 10.4. The number of carbonyl (C=O) groups is 3. The Morgan fingerprint density at radius 2 is 1.73 bits per heavy atom. The zero-order valence-corrected chi connectivity index (χ0v) is 26.1. The van der Waals surface area contributed by atoms with Gasteiger partial charge in [0.05, 0.1) is 11.6 Å². The lowest BCUT2D eigenvalue weighted by atomic mass is 9.58. The topological polar surface area (TPSA) is 165 Å². The molecule has 10 nitrogen and oxygen atoms in total. The first-order valence-electron chi connectivity index (χ1n) is 15.5. The Morgan fingerprint density at radius 1 is 1.04 bits per heavy atom. The van der Waals surface area contributed by atoms with Crippen LogP contribution in [0.4, 0.5) is 0 Å². The van der Waals surface area contributed by atoms with Crippen LogP contribution in [-0.2, 0) is 22.6 Å². The summed E-state index contributed by atoms with van der Waals surface area (Å²) in [7, 11) is 3.23. The van der Waals surface area contributed by atoms with Crippen LogP contribution in [0.15, 0.2) is 59.1 Å². The van der Waals surface area contributed by atoms with Crippen LogP contribution in [0.2, 0.25) is 0 Å². The molecule has 10 heteroatoms. The molecule has 0 aromatic heterocycles. The molecule has 6 rings (SSSR count). The minimum atomic E-state index is -2.66. The van der Waals surface area contributed by atoms with Crippen molar-refractivity contribution in [3.63, 3.8) is 0 Å². The molecule has 1 heterocycles. The SMILES string of the molecule is CC1CC(C)CN(Cc2cccc(-c3ccc(O)c4c3C[C@H]3C[C@H]5[C@H](N(C)C)C(O)=C(C(N)=O)C(=O)[C@@]5(O)C(O)=C3C4=O)c2)C1. The minimum Gasteiger partial charge on any atom is -0.510 e. The first-order valence-corrected chi connectivity index (χ1v) is 15.5. The summed E-state index contributed by atoms with van der Waals surface area (Å²) in [4.78, 5) is 43.8. The third-order valence-electron chi connectivity index (χ3n) is 10.2. The largest absolute Gasteiger partial charge is 0.510 e. The Balaban J connectivity index is 1.42. The average Bonchev–Trinajstić information content (AvgIpc) is 2.94. The maximum Gasteiger partial charge on any atom is 0.255 e. The molecule has 1 fully saturated rings. The van der Waals surface area contributed by atoms with Crippen molar-refractivity contribution in [3.05, 3.63) is 75.8 Å². The maximum absolute atomic E-state index is 14.1.